The van der Waals surface area contributed by atoms with E-state index in [1.165, 1.54) is 5.56 Å². The fraction of sp³-hybridized carbons (Fsp3) is 0.250. The van der Waals surface area contributed by atoms with Gasteiger partial charge >= 0.3 is 0 Å². The molecule has 0 aromatic heterocycles. The molecule has 0 radical (unpaired) electrons. The van der Waals surface area contributed by atoms with Gasteiger partial charge in [-0.3, -0.25) is 0 Å². The second-order valence-electron chi connectivity index (χ2n) is 4.46. The molecule has 0 spiro atoms. The number of ether oxygens (including phenoxy) is 1. The highest BCUT2D eigenvalue weighted by Gasteiger charge is 2.03. The van der Waals surface area contributed by atoms with Crippen LogP contribution in [0.2, 0.25) is 0 Å². The Bertz CT molecular complexity index is 517. The molecule has 2 N–H and O–H groups in total. The van der Waals surface area contributed by atoms with Gasteiger partial charge in [0.2, 0.25) is 0 Å². The highest BCUT2D eigenvalue weighted by molar-refractivity contribution is 5.77. The van der Waals surface area contributed by atoms with Crippen molar-refractivity contribution in [1.29, 1.82) is 0 Å². The quantitative estimate of drug-likeness (QED) is 0.820. The number of rotatable bonds is 4. The normalized spacial score (nSPS) is 10.3. The molecule has 0 aliphatic heterocycles. The van der Waals surface area contributed by atoms with Crippen LogP contribution in [0.4, 0.5) is 5.69 Å². The van der Waals surface area contributed by atoms with Crippen LogP contribution in [0.1, 0.15) is 18.9 Å². The monoisotopic (exact) mass is 241 g/mol. The third-order valence-electron chi connectivity index (χ3n) is 2.85. The zero-order valence-corrected chi connectivity index (χ0v) is 10.9. The van der Waals surface area contributed by atoms with Crippen LogP contribution in [-0.2, 0) is 0 Å². The molecule has 0 amide bonds. The summed E-state index contributed by atoms with van der Waals surface area (Å²) in [5.74, 6) is 0.909. The molecule has 18 heavy (non-hydrogen) atoms. The number of hydrogen-bond acceptors (Lipinski definition) is 2. The van der Waals surface area contributed by atoms with Crippen molar-refractivity contribution in [1.82, 2.24) is 0 Å². The van der Waals surface area contributed by atoms with Gasteiger partial charge in [0, 0.05) is 11.3 Å². The van der Waals surface area contributed by atoms with E-state index in [2.05, 4.69) is 32.0 Å². The lowest BCUT2D eigenvalue weighted by Gasteiger charge is -2.09. The third-order valence-corrected chi connectivity index (χ3v) is 2.85. The summed E-state index contributed by atoms with van der Waals surface area (Å²) in [7, 11) is 0. The Morgan fingerprint density at radius 2 is 1.78 bits per heavy atom. The average molecular weight is 241 g/mol. The average Bonchev–Trinajstić information content (AvgIpc) is 2.40. The fourth-order valence-electron chi connectivity index (χ4n) is 1.87. The van der Waals surface area contributed by atoms with Crippen molar-refractivity contribution in [2.75, 3.05) is 12.3 Å². The van der Waals surface area contributed by atoms with E-state index in [1.54, 1.807) is 0 Å². The van der Waals surface area contributed by atoms with Crippen LogP contribution in [0.5, 0.6) is 5.75 Å². The van der Waals surface area contributed by atoms with Crippen LogP contribution in [0.15, 0.2) is 42.5 Å². The lowest BCUT2D eigenvalue weighted by molar-refractivity contribution is 0.317. The maximum atomic E-state index is 6.01. The van der Waals surface area contributed by atoms with Gasteiger partial charge in [0.05, 0.1) is 6.61 Å². The van der Waals surface area contributed by atoms with E-state index in [4.69, 9.17) is 10.5 Å². The first-order valence-corrected chi connectivity index (χ1v) is 6.30. The van der Waals surface area contributed by atoms with E-state index in [0.29, 0.717) is 0 Å². The molecule has 2 heteroatoms. The summed E-state index contributed by atoms with van der Waals surface area (Å²) in [6.45, 7) is 4.93. The second kappa shape index (κ2) is 5.58. The molecule has 0 atom stereocenters. The number of anilines is 1. The molecule has 0 bridgehead atoms. The van der Waals surface area contributed by atoms with Crippen LogP contribution in [0.25, 0.3) is 11.1 Å². The summed E-state index contributed by atoms with van der Waals surface area (Å²) >= 11 is 0. The highest BCUT2D eigenvalue weighted by atomic mass is 16.5. The van der Waals surface area contributed by atoms with Crippen molar-refractivity contribution >= 4 is 5.69 Å². The number of nitrogens with two attached hydrogens (primary N) is 1. The molecule has 0 saturated heterocycles. The number of nitrogen functional groups attached to an aromatic ring is 1. The Balaban J connectivity index is 2.25. The summed E-state index contributed by atoms with van der Waals surface area (Å²) in [5, 5.41) is 0. The Hall–Kier alpha value is -1.96. The van der Waals surface area contributed by atoms with Crippen LogP contribution in [-0.4, -0.2) is 6.61 Å². The van der Waals surface area contributed by atoms with Crippen LogP contribution in [0, 0.1) is 6.92 Å². The maximum absolute atomic E-state index is 6.01. The molecule has 0 aliphatic rings. The summed E-state index contributed by atoms with van der Waals surface area (Å²) in [4.78, 5) is 0. The first-order valence-electron chi connectivity index (χ1n) is 6.30. The maximum Gasteiger partial charge on any atom is 0.119 e. The van der Waals surface area contributed by atoms with E-state index in [-0.39, 0.29) is 0 Å². The highest BCUT2D eigenvalue weighted by Crippen LogP contribution is 2.28. The van der Waals surface area contributed by atoms with Crippen LogP contribution in [0.3, 0.4) is 0 Å². The minimum absolute atomic E-state index is 0.756. The van der Waals surface area contributed by atoms with Gasteiger partial charge in [-0.1, -0.05) is 30.7 Å². The lowest BCUT2D eigenvalue weighted by atomic mass is 10.0. The van der Waals surface area contributed by atoms with Gasteiger partial charge in [-0.15, -0.1) is 0 Å². The molecular weight excluding hydrogens is 222 g/mol. The van der Waals surface area contributed by atoms with Gasteiger partial charge in [-0.05, 0) is 43.2 Å². The van der Waals surface area contributed by atoms with Crippen molar-refractivity contribution in [2.45, 2.75) is 20.3 Å². The predicted molar refractivity (Wildman–Crippen MR) is 76.8 cm³/mol. The van der Waals surface area contributed by atoms with Gasteiger partial charge < -0.3 is 10.5 Å². The van der Waals surface area contributed by atoms with E-state index in [1.807, 2.05) is 24.3 Å². The Morgan fingerprint density at radius 1 is 1.06 bits per heavy atom. The zero-order chi connectivity index (χ0) is 13.0. The molecule has 2 rings (SSSR count). The Kier molecular flexibility index (Phi) is 3.88. The SMILES string of the molecule is CCCOc1ccc(-c2cc(C)ccc2N)cc1. The molecule has 0 heterocycles. The lowest BCUT2D eigenvalue weighted by Crippen LogP contribution is -1.95. The van der Waals surface area contributed by atoms with Crippen molar-refractivity contribution in [3.05, 3.63) is 48.0 Å². The zero-order valence-electron chi connectivity index (χ0n) is 10.9. The Morgan fingerprint density at radius 3 is 2.44 bits per heavy atom. The van der Waals surface area contributed by atoms with Crippen molar-refractivity contribution in [3.63, 3.8) is 0 Å². The standard InChI is InChI=1S/C16H19NO/c1-3-10-18-14-7-5-13(6-8-14)15-11-12(2)4-9-16(15)17/h4-9,11H,3,10,17H2,1-2H3. The minimum atomic E-state index is 0.756. The number of hydrogen-bond donors (Lipinski definition) is 1. The first-order chi connectivity index (χ1) is 8.70. The van der Waals surface area contributed by atoms with Crippen LogP contribution >= 0.6 is 0 Å². The van der Waals surface area contributed by atoms with Gasteiger partial charge in [0.15, 0.2) is 0 Å². The van der Waals surface area contributed by atoms with E-state index >= 15 is 0 Å². The smallest absolute Gasteiger partial charge is 0.119 e. The molecule has 2 aromatic rings. The van der Waals surface area contributed by atoms with E-state index in [9.17, 15) is 0 Å². The molecule has 2 nitrogen and oxygen atoms in total. The van der Waals surface area contributed by atoms with E-state index < -0.39 is 0 Å². The summed E-state index contributed by atoms with van der Waals surface area (Å²) < 4.78 is 5.57. The van der Waals surface area contributed by atoms with Crippen molar-refractivity contribution in [2.24, 2.45) is 0 Å². The summed E-state index contributed by atoms with van der Waals surface area (Å²) in [5.41, 5.74) is 10.2. The van der Waals surface area contributed by atoms with Gasteiger partial charge in [0.1, 0.15) is 5.75 Å². The molecule has 0 aliphatic carbocycles. The third kappa shape index (κ3) is 2.83. The first kappa shape index (κ1) is 12.5. The fourth-order valence-corrected chi connectivity index (χ4v) is 1.87. The topological polar surface area (TPSA) is 35.2 Å². The minimum Gasteiger partial charge on any atom is -0.494 e. The Labute approximate surface area is 108 Å². The second-order valence-corrected chi connectivity index (χ2v) is 4.46. The number of aryl methyl sites for hydroxylation is 1. The number of benzene rings is 2. The summed E-state index contributed by atoms with van der Waals surface area (Å²) in [6, 6.07) is 14.2. The van der Waals surface area contributed by atoms with Crippen molar-refractivity contribution in [3.8, 4) is 16.9 Å². The van der Waals surface area contributed by atoms with Gasteiger partial charge in [-0.2, -0.15) is 0 Å². The van der Waals surface area contributed by atoms with Gasteiger partial charge in [0.25, 0.3) is 0 Å². The van der Waals surface area contributed by atoms with Gasteiger partial charge in [-0.25, -0.2) is 0 Å². The largest absolute Gasteiger partial charge is 0.494 e. The molecule has 0 saturated carbocycles. The van der Waals surface area contributed by atoms with Crippen molar-refractivity contribution < 1.29 is 4.74 Å². The molecule has 0 fully saturated rings. The molecule has 0 unspecified atom stereocenters. The van der Waals surface area contributed by atoms with Crippen LogP contribution < -0.4 is 10.5 Å². The predicted octanol–water partition coefficient (Wildman–Crippen LogP) is 4.03. The molecular formula is C16H19NO. The van der Waals surface area contributed by atoms with E-state index in [0.717, 1.165) is 35.6 Å². The molecule has 2 aromatic carbocycles. The molecule has 94 valence electrons. The summed E-state index contributed by atoms with van der Waals surface area (Å²) in [6.07, 6.45) is 1.02.